The number of hydrogen-bond acceptors (Lipinski definition) is 2. The molecule has 0 atom stereocenters. The summed E-state index contributed by atoms with van der Waals surface area (Å²) in [5, 5.41) is 0. The van der Waals surface area contributed by atoms with E-state index in [2.05, 4.69) is 0 Å². The van der Waals surface area contributed by atoms with Gasteiger partial charge in [-0.15, -0.1) is 0 Å². The molecule has 0 radical (unpaired) electrons. The molecule has 0 aliphatic carbocycles. The van der Waals surface area contributed by atoms with Gasteiger partial charge in [-0.3, -0.25) is 4.55 Å². The molecule has 3 nitrogen and oxygen atoms in total. The predicted molar refractivity (Wildman–Crippen MR) is 71.2 cm³/mol. The van der Waals surface area contributed by atoms with Crippen molar-refractivity contribution >= 4 is 10.1 Å². The maximum Gasteiger partial charge on any atom is 0.295 e. The molecule has 2 rings (SSSR count). The summed E-state index contributed by atoms with van der Waals surface area (Å²) in [5.74, 6) is 0. The van der Waals surface area contributed by atoms with E-state index in [0.29, 0.717) is 5.56 Å². The van der Waals surface area contributed by atoms with Crippen molar-refractivity contribution in [3.05, 3.63) is 53.6 Å². The molecule has 2 aromatic rings. The molecule has 4 heteroatoms. The summed E-state index contributed by atoms with van der Waals surface area (Å²) in [5.41, 5.74) is 3.34. The van der Waals surface area contributed by atoms with E-state index in [0.717, 1.165) is 16.7 Å². The fraction of sp³-hybridized carbons (Fsp3) is 0.143. The van der Waals surface area contributed by atoms with Gasteiger partial charge in [0.15, 0.2) is 0 Å². The highest BCUT2D eigenvalue weighted by atomic mass is 32.2. The summed E-state index contributed by atoms with van der Waals surface area (Å²) in [4.78, 5) is -0.0584. The first-order chi connectivity index (χ1) is 8.38. The van der Waals surface area contributed by atoms with E-state index in [1.165, 1.54) is 6.07 Å². The molecule has 0 amide bonds. The molecule has 0 fully saturated rings. The summed E-state index contributed by atoms with van der Waals surface area (Å²) >= 11 is 0. The van der Waals surface area contributed by atoms with Crippen molar-refractivity contribution in [1.29, 1.82) is 0 Å². The van der Waals surface area contributed by atoms with Crippen LogP contribution in [-0.4, -0.2) is 13.0 Å². The standard InChI is InChI=1S/C14H14O3S/c1-10-3-6-12(7-4-10)13-9-11(2)5-8-14(13)18(15,16)17/h3-9H,1-2H3,(H,15,16,17). The number of aryl methyl sites for hydroxylation is 2. The average Bonchev–Trinajstić information content (AvgIpc) is 2.28. The van der Waals surface area contributed by atoms with Gasteiger partial charge in [-0.1, -0.05) is 47.5 Å². The number of rotatable bonds is 2. The lowest BCUT2D eigenvalue weighted by molar-refractivity contribution is 0.483. The quantitative estimate of drug-likeness (QED) is 0.845. The van der Waals surface area contributed by atoms with Crippen LogP contribution in [0, 0.1) is 13.8 Å². The molecule has 0 aromatic heterocycles. The molecular formula is C14H14O3S. The SMILES string of the molecule is Cc1ccc(-c2cc(C)ccc2S(=O)(=O)O)cc1. The van der Waals surface area contributed by atoms with Gasteiger partial charge in [-0.2, -0.15) is 8.42 Å². The third-order valence-electron chi connectivity index (χ3n) is 2.78. The van der Waals surface area contributed by atoms with Crippen LogP contribution < -0.4 is 0 Å². The number of hydrogen-bond donors (Lipinski definition) is 1. The van der Waals surface area contributed by atoms with Crippen LogP contribution in [0.2, 0.25) is 0 Å². The number of benzene rings is 2. The second-order valence-electron chi connectivity index (χ2n) is 4.34. The molecule has 0 heterocycles. The second-order valence-corrected chi connectivity index (χ2v) is 5.73. The third-order valence-corrected chi connectivity index (χ3v) is 3.69. The van der Waals surface area contributed by atoms with Gasteiger partial charge in [0.2, 0.25) is 0 Å². The molecule has 0 saturated heterocycles. The fourth-order valence-corrected chi connectivity index (χ4v) is 2.52. The van der Waals surface area contributed by atoms with Crippen molar-refractivity contribution in [2.45, 2.75) is 18.7 Å². The van der Waals surface area contributed by atoms with E-state index < -0.39 is 10.1 Å². The Hall–Kier alpha value is -1.65. The van der Waals surface area contributed by atoms with Crippen molar-refractivity contribution in [3.63, 3.8) is 0 Å². The Kier molecular flexibility index (Phi) is 3.24. The van der Waals surface area contributed by atoms with E-state index in [9.17, 15) is 13.0 Å². The highest BCUT2D eigenvalue weighted by Crippen LogP contribution is 2.28. The normalized spacial score (nSPS) is 11.5. The maximum atomic E-state index is 11.4. The van der Waals surface area contributed by atoms with Crippen molar-refractivity contribution < 1.29 is 13.0 Å². The van der Waals surface area contributed by atoms with E-state index >= 15 is 0 Å². The van der Waals surface area contributed by atoms with Crippen molar-refractivity contribution in [2.75, 3.05) is 0 Å². The topological polar surface area (TPSA) is 54.4 Å². The molecule has 2 aromatic carbocycles. The lowest BCUT2D eigenvalue weighted by atomic mass is 10.0. The molecule has 0 aliphatic heterocycles. The van der Waals surface area contributed by atoms with Crippen LogP contribution in [0.4, 0.5) is 0 Å². The summed E-state index contributed by atoms with van der Waals surface area (Å²) in [6.45, 7) is 3.84. The smallest absolute Gasteiger partial charge is 0.282 e. The first kappa shape index (κ1) is 12.8. The van der Waals surface area contributed by atoms with Gasteiger partial charge in [0.1, 0.15) is 4.90 Å². The molecule has 18 heavy (non-hydrogen) atoms. The first-order valence-corrected chi connectivity index (χ1v) is 6.97. The molecule has 0 aliphatic rings. The summed E-state index contributed by atoms with van der Waals surface area (Å²) < 4.78 is 32.0. The molecule has 94 valence electrons. The van der Waals surface area contributed by atoms with Gasteiger partial charge in [-0.25, -0.2) is 0 Å². The van der Waals surface area contributed by atoms with Crippen LogP contribution in [-0.2, 0) is 10.1 Å². The molecule has 1 N–H and O–H groups in total. The lowest BCUT2D eigenvalue weighted by Crippen LogP contribution is -2.01. The van der Waals surface area contributed by atoms with Crippen LogP contribution in [0.15, 0.2) is 47.4 Å². The molecule has 0 bridgehead atoms. The predicted octanol–water partition coefficient (Wildman–Crippen LogP) is 3.22. The Labute approximate surface area is 107 Å². The van der Waals surface area contributed by atoms with Gasteiger partial charge in [0.25, 0.3) is 10.1 Å². The van der Waals surface area contributed by atoms with Crippen molar-refractivity contribution in [3.8, 4) is 11.1 Å². The molecular weight excluding hydrogens is 248 g/mol. The van der Waals surface area contributed by atoms with E-state index in [1.807, 2.05) is 38.1 Å². The largest absolute Gasteiger partial charge is 0.295 e. The Morgan fingerprint density at radius 2 is 1.44 bits per heavy atom. The Morgan fingerprint density at radius 3 is 2.00 bits per heavy atom. The van der Waals surface area contributed by atoms with Crippen LogP contribution >= 0.6 is 0 Å². The zero-order valence-corrected chi connectivity index (χ0v) is 11.0. The van der Waals surface area contributed by atoms with Gasteiger partial charge in [0, 0.05) is 5.56 Å². The summed E-state index contributed by atoms with van der Waals surface area (Å²) in [7, 11) is -4.21. The van der Waals surface area contributed by atoms with Crippen molar-refractivity contribution in [2.24, 2.45) is 0 Å². The molecule has 0 spiro atoms. The summed E-state index contributed by atoms with van der Waals surface area (Å²) in [6, 6.07) is 12.4. The first-order valence-electron chi connectivity index (χ1n) is 5.53. The van der Waals surface area contributed by atoms with Crippen LogP contribution in [0.25, 0.3) is 11.1 Å². The van der Waals surface area contributed by atoms with Gasteiger partial charge in [-0.05, 0) is 25.5 Å². The van der Waals surface area contributed by atoms with Crippen molar-refractivity contribution in [1.82, 2.24) is 0 Å². The average molecular weight is 262 g/mol. The van der Waals surface area contributed by atoms with E-state index in [4.69, 9.17) is 0 Å². The van der Waals surface area contributed by atoms with Gasteiger partial charge >= 0.3 is 0 Å². The van der Waals surface area contributed by atoms with Crippen LogP contribution in [0.3, 0.4) is 0 Å². The minimum absolute atomic E-state index is 0.0584. The second kappa shape index (κ2) is 4.55. The highest BCUT2D eigenvalue weighted by molar-refractivity contribution is 7.86. The van der Waals surface area contributed by atoms with E-state index in [-0.39, 0.29) is 4.90 Å². The lowest BCUT2D eigenvalue weighted by Gasteiger charge is -2.09. The zero-order valence-electron chi connectivity index (χ0n) is 10.2. The Bertz CT molecular complexity index is 671. The van der Waals surface area contributed by atoms with Gasteiger partial charge < -0.3 is 0 Å². The van der Waals surface area contributed by atoms with Crippen LogP contribution in [0.1, 0.15) is 11.1 Å². The maximum absolute atomic E-state index is 11.4. The fourth-order valence-electron chi connectivity index (χ4n) is 1.83. The Morgan fingerprint density at radius 1 is 0.889 bits per heavy atom. The highest BCUT2D eigenvalue weighted by Gasteiger charge is 2.16. The minimum Gasteiger partial charge on any atom is -0.282 e. The minimum atomic E-state index is -4.21. The zero-order chi connectivity index (χ0) is 13.3. The van der Waals surface area contributed by atoms with Gasteiger partial charge in [0.05, 0.1) is 0 Å². The Balaban J connectivity index is 2.69. The third kappa shape index (κ3) is 2.60. The van der Waals surface area contributed by atoms with E-state index in [1.54, 1.807) is 12.1 Å². The monoisotopic (exact) mass is 262 g/mol. The molecule has 0 unspecified atom stereocenters. The molecule has 0 saturated carbocycles. The summed E-state index contributed by atoms with van der Waals surface area (Å²) in [6.07, 6.45) is 0. The van der Waals surface area contributed by atoms with Crippen LogP contribution in [0.5, 0.6) is 0 Å².